The second-order valence-corrected chi connectivity index (χ2v) is 12.7. The number of carbonyl (C=O) groups is 1. The standard InChI is InChI=1S/C33H30F2N6O5S/c1-19-33(17-44-18-33)45-9-8-40(19)25-11-22(21-6-4-20(14-36)5-7-21)15-37-31(25)46-23-12-26(32(42)43)41(16-23)28-13-24(27-3-2-10-47-27)38-30(39-28)29(34)35/h2-7,10-11,13,15,19,23,26,29H,8-9,12,16-18H2,1H3,(H,42,43)/t19-,23-,26-/m0/s1. The van der Waals surface area contributed by atoms with Crippen molar-refractivity contribution in [3.8, 4) is 33.6 Å². The third kappa shape index (κ3) is 5.86. The Morgan fingerprint density at radius 3 is 2.64 bits per heavy atom. The molecule has 0 radical (unpaired) electrons. The quantitative estimate of drug-likeness (QED) is 0.268. The Morgan fingerprint density at radius 2 is 1.98 bits per heavy atom. The molecule has 3 saturated heterocycles. The maximum Gasteiger partial charge on any atom is 0.326 e. The highest BCUT2D eigenvalue weighted by atomic mass is 32.1. The number of rotatable bonds is 8. The average molecular weight is 661 g/mol. The zero-order valence-electron chi connectivity index (χ0n) is 25.3. The highest BCUT2D eigenvalue weighted by molar-refractivity contribution is 7.13. The van der Waals surface area contributed by atoms with E-state index in [1.165, 1.54) is 16.2 Å². The summed E-state index contributed by atoms with van der Waals surface area (Å²) in [5, 5.41) is 21.2. The fraction of sp³-hybridized carbons (Fsp3) is 0.364. The van der Waals surface area contributed by atoms with Crippen LogP contribution in [0.1, 0.15) is 31.2 Å². The van der Waals surface area contributed by atoms with Gasteiger partial charge in [0.05, 0.1) is 54.6 Å². The van der Waals surface area contributed by atoms with Crippen molar-refractivity contribution in [3.05, 3.63) is 71.5 Å². The zero-order valence-corrected chi connectivity index (χ0v) is 26.1. The first-order valence-electron chi connectivity index (χ1n) is 15.1. The summed E-state index contributed by atoms with van der Waals surface area (Å²) in [4.78, 5) is 29.6. The van der Waals surface area contributed by atoms with Gasteiger partial charge in [0.15, 0.2) is 5.82 Å². The van der Waals surface area contributed by atoms with Crippen LogP contribution in [-0.4, -0.2) is 82.7 Å². The second-order valence-electron chi connectivity index (χ2n) is 11.7. The van der Waals surface area contributed by atoms with Crippen molar-refractivity contribution in [2.24, 2.45) is 0 Å². The first-order chi connectivity index (χ1) is 22.7. The van der Waals surface area contributed by atoms with E-state index in [2.05, 4.69) is 27.9 Å². The SMILES string of the molecule is C[C@@H]1N(c2cc(-c3ccc(C#N)cc3)cnc2O[C@H]2C[C@@H](C(=O)O)N(c3cc(-c4cccs4)nc(C(F)F)n3)C2)CCOC12COC2. The highest BCUT2D eigenvalue weighted by Crippen LogP contribution is 2.41. The van der Waals surface area contributed by atoms with Crippen LogP contribution < -0.4 is 14.5 Å². The van der Waals surface area contributed by atoms with Crippen LogP contribution in [0.4, 0.5) is 20.3 Å². The third-order valence-corrected chi connectivity index (χ3v) is 9.84. The van der Waals surface area contributed by atoms with Crippen LogP contribution in [0.2, 0.25) is 0 Å². The van der Waals surface area contributed by atoms with Gasteiger partial charge < -0.3 is 29.1 Å². The minimum absolute atomic E-state index is 0.0760. The third-order valence-electron chi connectivity index (χ3n) is 8.95. The number of alkyl halides is 2. The van der Waals surface area contributed by atoms with Crippen LogP contribution in [0.25, 0.3) is 21.7 Å². The van der Waals surface area contributed by atoms with Gasteiger partial charge in [-0.15, -0.1) is 11.3 Å². The summed E-state index contributed by atoms with van der Waals surface area (Å²) in [5.41, 5.74) is 2.76. The number of hydrogen-bond donors (Lipinski definition) is 1. The molecule has 7 rings (SSSR count). The molecule has 0 bridgehead atoms. The smallest absolute Gasteiger partial charge is 0.326 e. The minimum atomic E-state index is -2.94. The number of aliphatic carboxylic acids is 1. The van der Waals surface area contributed by atoms with Gasteiger partial charge in [-0.25, -0.2) is 28.5 Å². The number of anilines is 2. The lowest BCUT2D eigenvalue weighted by Gasteiger charge is -2.53. The van der Waals surface area contributed by atoms with Crippen LogP contribution in [0.15, 0.2) is 60.1 Å². The molecule has 11 nitrogen and oxygen atoms in total. The topological polar surface area (TPSA) is 134 Å². The van der Waals surface area contributed by atoms with Crippen LogP contribution in [0.3, 0.4) is 0 Å². The molecule has 242 valence electrons. The van der Waals surface area contributed by atoms with E-state index in [1.54, 1.807) is 36.5 Å². The van der Waals surface area contributed by atoms with E-state index in [0.29, 0.717) is 54.1 Å². The fourth-order valence-corrected chi connectivity index (χ4v) is 7.00. The Labute approximate surface area is 273 Å². The maximum atomic E-state index is 13.9. The summed E-state index contributed by atoms with van der Waals surface area (Å²) in [6.07, 6.45) is -1.82. The largest absolute Gasteiger partial charge is 0.480 e. The molecule has 0 unspecified atom stereocenters. The van der Waals surface area contributed by atoms with Gasteiger partial charge in [0.1, 0.15) is 29.3 Å². The predicted octanol–water partition coefficient (Wildman–Crippen LogP) is 5.18. The molecule has 0 amide bonds. The van der Waals surface area contributed by atoms with Crippen LogP contribution in [0.5, 0.6) is 5.88 Å². The van der Waals surface area contributed by atoms with Gasteiger partial charge in [-0.05, 0) is 42.1 Å². The molecule has 0 saturated carbocycles. The van der Waals surface area contributed by atoms with Gasteiger partial charge in [-0.1, -0.05) is 18.2 Å². The molecular formula is C33H30F2N6O5S. The van der Waals surface area contributed by atoms with Gasteiger partial charge in [-0.3, -0.25) is 0 Å². The summed E-state index contributed by atoms with van der Waals surface area (Å²) in [5.74, 6) is -1.38. The number of ether oxygens (including phenoxy) is 3. The molecular weight excluding hydrogens is 630 g/mol. The Bertz CT molecular complexity index is 1820. The van der Waals surface area contributed by atoms with Gasteiger partial charge in [0.25, 0.3) is 6.43 Å². The number of aromatic nitrogens is 3. The number of nitrogens with zero attached hydrogens (tertiary/aromatic N) is 6. The zero-order chi connectivity index (χ0) is 32.7. The molecule has 1 aromatic carbocycles. The molecule has 3 aliphatic rings. The monoisotopic (exact) mass is 660 g/mol. The lowest BCUT2D eigenvalue weighted by molar-refractivity contribution is -0.228. The number of morpholine rings is 1. The lowest BCUT2D eigenvalue weighted by Crippen LogP contribution is -2.68. The molecule has 4 aromatic rings. The summed E-state index contributed by atoms with van der Waals surface area (Å²) in [6.45, 7) is 4.12. The van der Waals surface area contributed by atoms with E-state index < -0.39 is 36.0 Å². The number of carboxylic acids is 1. The van der Waals surface area contributed by atoms with Crippen molar-refractivity contribution < 1.29 is 32.9 Å². The van der Waals surface area contributed by atoms with Crippen molar-refractivity contribution in [2.45, 2.75) is 43.6 Å². The Kier molecular flexibility index (Phi) is 8.21. The maximum absolute atomic E-state index is 13.9. The molecule has 6 heterocycles. The predicted molar refractivity (Wildman–Crippen MR) is 169 cm³/mol. The second kappa shape index (κ2) is 12.5. The van der Waals surface area contributed by atoms with Crippen molar-refractivity contribution in [1.29, 1.82) is 5.26 Å². The molecule has 1 N–H and O–H groups in total. The number of nitriles is 1. The molecule has 3 aliphatic heterocycles. The molecule has 14 heteroatoms. The number of hydrogen-bond acceptors (Lipinski definition) is 11. The van der Waals surface area contributed by atoms with Crippen LogP contribution >= 0.6 is 11.3 Å². The average Bonchev–Trinajstić information content (AvgIpc) is 3.76. The number of halogens is 2. The van der Waals surface area contributed by atoms with Crippen LogP contribution in [0, 0.1) is 11.3 Å². The van der Waals surface area contributed by atoms with E-state index in [1.807, 2.05) is 23.6 Å². The Morgan fingerprint density at radius 1 is 1.17 bits per heavy atom. The van der Waals surface area contributed by atoms with Gasteiger partial charge in [-0.2, -0.15) is 5.26 Å². The van der Waals surface area contributed by atoms with E-state index in [0.717, 1.165) is 11.1 Å². The Balaban J connectivity index is 1.22. The molecule has 47 heavy (non-hydrogen) atoms. The van der Waals surface area contributed by atoms with Crippen LogP contribution in [-0.2, 0) is 14.3 Å². The summed E-state index contributed by atoms with van der Waals surface area (Å²) < 4.78 is 45.9. The van der Waals surface area contributed by atoms with E-state index in [-0.39, 0.29) is 24.8 Å². The summed E-state index contributed by atoms with van der Waals surface area (Å²) in [6, 6.07) is 15.2. The normalized spacial score (nSPS) is 21.9. The molecule has 3 aromatic heterocycles. The van der Waals surface area contributed by atoms with E-state index in [4.69, 9.17) is 19.2 Å². The first kappa shape index (κ1) is 30.9. The molecule has 3 atom stereocenters. The summed E-state index contributed by atoms with van der Waals surface area (Å²) in [7, 11) is 0. The van der Waals surface area contributed by atoms with E-state index >= 15 is 0 Å². The molecule has 0 aliphatic carbocycles. The van der Waals surface area contributed by atoms with Crippen molar-refractivity contribution >= 4 is 28.8 Å². The molecule has 1 spiro atoms. The number of thiophene rings is 1. The number of carboxylic acid groups (broad SMARTS) is 1. The van der Waals surface area contributed by atoms with E-state index in [9.17, 15) is 23.9 Å². The highest BCUT2D eigenvalue weighted by Gasteiger charge is 2.50. The first-order valence-corrected chi connectivity index (χ1v) is 16.0. The van der Waals surface area contributed by atoms with Crippen molar-refractivity contribution in [1.82, 2.24) is 15.0 Å². The van der Waals surface area contributed by atoms with Gasteiger partial charge in [0.2, 0.25) is 5.88 Å². The Hall–Kier alpha value is -4.71. The van der Waals surface area contributed by atoms with Crippen molar-refractivity contribution in [3.63, 3.8) is 0 Å². The number of benzene rings is 1. The van der Waals surface area contributed by atoms with Gasteiger partial charge >= 0.3 is 5.97 Å². The fourth-order valence-electron chi connectivity index (χ4n) is 6.31. The van der Waals surface area contributed by atoms with Crippen molar-refractivity contribution in [2.75, 3.05) is 42.7 Å². The number of pyridine rings is 1. The molecule has 3 fully saturated rings. The van der Waals surface area contributed by atoms with Gasteiger partial charge in [0, 0.05) is 30.8 Å². The lowest BCUT2D eigenvalue weighted by atomic mass is 9.90. The minimum Gasteiger partial charge on any atom is -0.480 e. The summed E-state index contributed by atoms with van der Waals surface area (Å²) >= 11 is 1.34.